The summed E-state index contributed by atoms with van der Waals surface area (Å²) in [7, 11) is 0. The molecule has 2 amide bonds. The van der Waals surface area contributed by atoms with Gasteiger partial charge in [-0.3, -0.25) is 4.79 Å². The number of likely N-dealkylation sites (tertiary alicyclic amines) is 1. The van der Waals surface area contributed by atoms with Gasteiger partial charge in [-0.25, -0.2) is 4.79 Å². The number of aliphatic carboxylic acids is 1. The summed E-state index contributed by atoms with van der Waals surface area (Å²) < 4.78 is 0. The maximum absolute atomic E-state index is 12.1. The van der Waals surface area contributed by atoms with Crippen LogP contribution in [0.15, 0.2) is 0 Å². The first-order valence-corrected chi connectivity index (χ1v) is 6.42. The van der Waals surface area contributed by atoms with Gasteiger partial charge < -0.3 is 20.4 Å². The number of carboxylic acid groups (broad SMARTS) is 1. The van der Waals surface area contributed by atoms with Gasteiger partial charge >= 0.3 is 12.0 Å². The smallest absolute Gasteiger partial charge is 0.317 e. The minimum atomic E-state index is -1.09. The molecule has 0 aromatic heterocycles. The number of rotatable bonds is 3. The van der Waals surface area contributed by atoms with Crippen LogP contribution in [0.5, 0.6) is 0 Å². The largest absolute Gasteiger partial charge is 0.481 e. The summed E-state index contributed by atoms with van der Waals surface area (Å²) >= 11 is 0. The lowest BCUT2D eigenvalue weighted by Gasteiger charge is -2.39. The first-order valence-electron chi connectivity index (χ1n) is 6.42. The maximum Gasteiger partial charge on any atom is 0.317 e. The summed E-state index contributed by atoms with van der Waals surface area (Å²) in [4.78, 5) is 24.9. The van der Waals surface area contributed by atoms with Gasteiger partial charge in [-0.1, -0.05) is 0 Å². The molecular formula is C13H24N2O4. The highest BCUT2D eigenvalue weighted by molar-refractivity contribution is 5.80. The van der Waals surface area contributed by atoms with E-state index in [4.69, 9.17) is 0 Å². The fraction of sp³-hybridized carbons (Fsp3) is 0.846. The van der Waals surface area contributed by atoms with Crippen LogP contribution < -0.4 is 5.32 Å². The van der Waals surface area contributed by atoms with Crippen molar-refractivity contribution < 1.29 is 19.8 Å². The second-order valence-corrected chi connectivity index (χ2v) is 6.65. The molecule has 3 N–H and O–H groups in total. The summed E-state index contributed by atoms with van der Waals surface area (Å²) in [6, 6.07) is -0.336. The van der Waals surface area contributed by atoms with Gasteiger partial charge in [-0.05, 0) is 41.0 Å². The second-order valence-electron chi connectivity index (χ2n) is 6.65. The number of carbonyl (C=O) groups is 2. The van der Waals surface area contributed by atoms with Crippen molar-refractivity contribution in [3.05, 3.63) is 0 Å². The molecule has 0 aromatic carbocycles. The Balaban J connectivity index is 2.74. The van der Waals surface area contributed by atoms with Gasteiger partial charge in [0.15, 0.2) is 0 Å². The molecule has 1 fully saturated rings. The third kappa shape index (κ3) is 3.18. The predicted molar refractivity (Wildman–Crippen MR) is 70.8 cm³/mol. The van der Waals surface area contributed by atoms with E-state index in [2.05, 4.69) is 5.32 Å². The molecule has 1 saturated heterocycles. The molecule has 0 aliphatic carbocycles. The van der Waals surface area contributed by atoms with Crippen LogP contribution in [-0.2, 0) is 4.79 Å². The number of aliphatic hydroxyl groups is 1. The number of carbonyl (C=O) groups excluding carboxylic acids is 1. The summed E-state index contributed by atoms with van der Waals surface area (Å²) in [5.74, 6) is -0.966. The van der Waals surface area contributed by atoms with Crippen LogP contribution >= 0.6 is 0 Å². The third-order valence-corrected chi connectivity index (χ3v) is 4.26. The lowest BCUT2D eigenvalue weighted by molar-refractivity contribution is -0.150. The van der Waals surface area contributed by atoms with E-state index in [0.717, 1.165) is 0 Å². The first-order chi connectivity index (χ1) is 8.39. The highest BCUT2D eigenvalue weighted by Gasteiger charge is 2.45. The average Bonchev–Trinajstić information content (AvgIpc) is 2.57. The number of nitrogens with one attached hydrogen (secondary N) is 1. The molecule has 1 atom stereocenters. The molecule has 6 heteroatoms. The Bertz CT molecular complexity index is 388. The molecule has 1 unspecified atom stereocenters. The van der Waals surface area contributed by atoms with Gasteiger partial charge in [-0.2, -0.15) is 0 Å². The molecule has 1 heterocycles. The van der Waals surface area contributed by atoms with Crippen molar-refractivity contribution in [1.82, 2.24) is 10.2 Å². The van der Waals surface area contributed by atoms with Crippen molar-refractivity contribution in [3.63, 3.8) is 0 Å². The number of nitrogens with zero attached hydrogens (tertiary/aromatic N) is 1. The third-order valence-electron chi connectivity index (χ3n) is 4.26. The van der Waals surface area contributed by atoms with E-state index in [1.165, 1.54) is 4.90 Å². The highest BCUT2D eigenvalue weighted by atomic mass is 16.4. The molecule has 1 rings (SSSR count). The van der Waals surface area contributed by atoms with Gasteiger partial charge in [0.05, 0.1) is 23.1 Å². The van der Waals surface area contributed by atoms with E-state index < -0.39 is 22.5 Å². The summed E-state index contributed by atoms with van der Waals surface area (Å²) in [5.41, 5.74) is -2.85. The highest BCUT2D eigenvalue weighted by Crippen LogP contribution is 2.31. The van der Waals surface area contributed by atoms with Crippen molar-refractivity contribution in [2.75, 3.05) is 13.1 Å². The van der Waals surface area contributed by atoms with Crippen LogP contribution in [0.3, 0.4) is 0 Å². The van der Waals surface area contributed by atoms with E-state index in [-0.39, 0.29) is 12.6 Å². The normalized spacial score (nSPS) is 24.4. The molecule has 0 saturated carbocycles. The Kier molecular flexibility index (Phi) is 3.87. The van der Waals surface area contributed by atoms with E-state index >= 15 is 0 Å². The minimum absolute atomic E-state index is 0.266. The Morgan fingerprint density at radius 2 is 1.79 bits per heavy atom. The molecule has 6 nitrogen and oxygen atoms in total. The van der Waals surface area contributed by atoms with Gasteiger partial charge in [0.2, 0.25) is 0 Å². The Morgan fingerprint density at radius 3 is 2.16 bits per heavy atom. The van der Waals surface area contributed by atoms with Crippen LogP contribution in [0, 0.1) is 5.41 Å². The van der Waals surface area contributed by atoms with E-state index in [1.807, 2.05) is 0 Å². The molecule has 19 heavy (non-hydrogen) atoms. The van der Waals surface area contributed by atoms with Crippen LogP contribution in [0.4, 0.5) is 4.79 Å². The number of hydrogen-bond acceptors (Lipinski definition) is 3. The first kappa shape index (κ1) is 15.8. The Hall–Kier alpha value is -1.30. The van der Waals surface area contributed by atoms with Gasteiger partial charge in [0.25, 0.3) is 0 Å². The van der Waals surface area contributed by atoms with Crippen LogP contribution in [-0.4, -0.2) is 51.3 Å². The SMILES string of the molecule is CC1(O)CCN(C(=O)NC(C)(C)C(C)(C)C(=O)O)C1. The zero-order chi connectivity index (χ0) is 15.1. The van der Waals surface area contributed by atoms with Crippen molar-refractivity contribution in [3.8, 4) is 0 Å². The Morgan fingerprint density at radius 1 is 1.26 bits per heavy atom. The minimum Gasteiger partial charge on any atom is -0.481 e. The number of hydrogen-bond donors (Lipinski definition) is 3. The topological polar surface area (TPSA) is 89.9 Å². The standard InChI is InChI=1S/C13H24N2O4/c1-11(2,9(16)17)12(3,4)14-10(18)15-7-6-13(5,19)8-15/h19H,6-8H2,1-5H3,(H,14,18)(H,16,17). The van der Waals surface area contributed by atoms with Crippen LogP contribution in [0.1, 0.15) is 41.0 Å². The van der Waals surface area contributed by atoms with Gasteiger partial charge in [0.1, 0.15) is 0 Å². The van der Waals surface area contributed by atoms with Crippen LogP contribution in [0.25, 0.3) is 0 Å². The number of urea groups is 1. The summed E-state index contributed by atoms with van der Waals surface area (Å²) in [6.45, 7) is 8.96. The molecule has 0 radical (unpaired) electrons. The number of amides is 2. The zero-order valence-electron chi connectivity index (χ0n) is 12.3. The fourth-order valence-corrected chi connectivity index (χ4v) is 1.89. The quantitative estimate of drug-likeness (QED) is 0.716. The fourth-order valence-electron chi connectivity index (χ4n) is 1.89. The van der Waals surface area contributed by atoms with Gasteiger partial charge in [-0.15, -0.1) is 0 Å². The lowest BCUT2D eigenvalue weighted by atomic mass is 9.74. The van der Waals surface area contributed by atoms with Crippen LogP contribution in [0.2, 0.25) is 0 Å². The van der Waals surface area contributed by atoms with E-state index in [9.17, 15) is 19.8 Å². The molecular weight excluding hydrogens is 248 g/mol. The molecule has 0 aromatic rings. The number of β-amino-alcohol motifs (C(OH)–C–C–N with tert-alkyl or cyclic N) is 1. The molecule has 110 valence electrons. The van der Waals surface area contributed by atoms with Gasteiger partial charge in [0, 0.05) is 6.54 Å². The summed E-state index contributed by atoms with van der Waals surface area (Å²) in [6.07, 6.45) is 0.531. The second kappa shape index (κ2) is 4.67. The van der Waals surface area contributed by atoms with Crippen molar-refractivity contribution in [1.29, 1.82) is 0 Å². The zero-order valence-corrected chi connectivity index (χ0v) is 12.3. The van der Waals surface area contributed by atoms with E-state index in [1.54, 1.807) is 34.6 Å². The lowest BCUT2D eigenvalue weighted by Crippen LogP contribution is -2.59. The predicted octanol–water partition coefficient (Wildman–Crippen LogP) is 1.04. The monoisotopic (exact) mass is 272 g/mol. The van der Waals surface area contributed by atoms with Crippen molar-refractivity contribution >= 4 is 12.0 Å². The Labute approximate surface area is 113 Å². The van der Waals surface area contributed by atoms with Crippen molar-refractivity contribution in [2.24, 2.45) is 5.41 Å². The van der Waals surface area contributed by atoms with Crippen molar-refractivity contribution in [2.45, 2.75) is 52.2 Å². The van der Waals surface area contributed by atoms with E-state index in [0.29, 0.717) is 13.0 Å². The maximum atomic E-state index is 12.1. The molecule has 0 bridgehead atoms. The molecule has 0 spiro atoms. The average molecular weight is 272 g/mol. The molecule has 1 aliphatic heterocycles. The number of carboxylic acids is 1. The summed E-state index contributed by atoms with van der Waals surface area (Å²) in [5, 5.41) is 21.8. The molecule has 1 aliphatic rings.